The number of benzene rings is 1. The molecule has 4 heteroatoms. The molecule has 0 aliphatic rings. The first kappa shape index (κ1) is 16.3. The second-order valence-corrected chi connectivity index (χ2v) is 5.05. The first-order valence-corrected chi connectivity index (χ1v) is 7.27. The van der Waals surface area contributed by atoms with Crippen LogP contribution in [0.25, 0.3) is 0 Å². The van der Waals surface area contributed by atoms with Gasteiger partial charge in [-0.25, -0.2) is 0 Å². The summed E-state index contributed by atoms with van der Waals surface area (Å²) in [6.07, 6.45) is 3.35. The molecule has 0 bridgehead atoms. The lowest BCUT2D eigenvalue weighted by molar-refractivity contribution is -0.121. The molecule has 0 heterocycles. The minimum atomic E-state index is -0.247. The van der Waals surface area contributed by atoms with E-state index in [0.29, 0.717) is 0 Å². The van der Waals surface area contributed by atoms with Crippen LogP contribution in [0.4, 0.5) is 5.69 Å². The molecule has 0 fully saturated rings. The highest BCUT2D eigenvalue weighted by molar-refractivity contribution is 5.84. The Morgan fingerprint density at radius 2 is 2.10 bits per heavy atom. The van der Waals surface area contributed by atoms with E-state index in [4.69, 9.17) is 4.74 Å². The highest BCUT2D eigenvalue weighted by atomic mass is 16.5. The molecule has 1 rings (SSSR count). The molecule has 1 amide bonds. The predicted molar refractivity (Wildman–Crippen MR) is 83.4 cm³/mol. The highest BCUT2D eigenvalue weighted by Gasteiger charge is 2.12. The van der Waals surface area contributed by atoms with Crippen molar-refractivity contribution in [3.63, 3.8) is 0 Å². The van der Waals surface area contributed by atoms with Crippen molar-refractivity contribution in [2.45, 2.75) is 46.1 Å². The van der Waals surface area contributed by atoms with E-state index in [1.165, 1.54) is 0 Å². The molecule has 0 saturated heterocycles. The van der Waals surface area contributed by atoms with Crippen LogP contribution in [0.5, 0.6) is 5.75 Å². The maximum Gasteiger partial charge on any atom is 0.242 e. The third kappa shape index (κ3) is 5.11. The van der Waals surface area contributed by atoms with Crippen LogP contribution in [-0.4, -0.2) is 25.6 Å². The summed E-state index contributed by atoms with van der Waals surface area (Å²) in [7, 11) is 1.65. The zero-order valence-corrected chi connectivity index (χ0v) is 13.0. The van der Waals surface area contributed by atoms with Crippen molar-refractivity contribution < 1.29 is 9.53 Å². The molecule has 1 aromatic rings. The van der Waals surface area contributed by atoms with Gasteiger partial charge in [-0.05, 0) is 44.0 Å². The average Bonchev–Trinajstić information content (AvgIpc) is 2.45. The van der Waals surface area contributed by atoms with Gasteiger partial charge in [-0.2, -0.15) is 0 Å². The second-order valence-electron chi connectivity index (χ2n) is 5.05. The second kappa shape index (κ2) is 8.46. The topological polar surface area (TPSA) is 50.4 Å². The van der Waals surface area contributed by atoms with E-state index >= 15 is 0 Å². The average molecular weight is 278 g/mol. The van der Waals surface area contributed by atoms with Crippen molar-refractivity contribution in [2.24, 2.45) is 0 Å². The van der Waals surface area contributed by atoms with Crippen LogP contribution >= 0.6 is 0 Å². The van der Waals surface area contributed by atoms with E-state index in [-0.39, 0.29) is 11.9 Å². The molecule has 0 aromatic heterocycles. The first-order chi connectivity index (χ1) is 9.58. The Balaban J connectivity index is 2.48. The molecule has 0 aliphatic heterocycles. The first-order valence-electron chi connectivity index (χ1n) is 7.27. The number of rotatable bonds is 8. The van der Waals surface area contributed by atoms with Crippen molar-refractivity contribution in [2.75, 3.05) is 19.0 Å². The fourth-order valence-corrected chi connectivity index (χ4v) is 1.96. The lowest BCUT2D eigenvalue weighted by Crippen LogP contribution is -2.38. The number of carbonyl (C=O) groups is 1. The number of amides is 1. The van der Waals surface area contributed by atoms with E-state index in [0.717, 1.165) is 42.8 Å². The minimum absolute atomic E-state index is 0.0383. The predicted octanol–water partition coefficient (Wildman–Crippen LogP) is 3.11. The minimum Gasteiger partial charge on any atom is -0.497 e. The molecule has 0 spiro atoms. The van der Waals surface area contributed by atoms with Gasteiger partial charge >= 0.3 is 0 Å². The van der Waals surface area contributed by atoms with Gasteiger partial charge < -0.3 is 15.4 Å². The number of nitrogens with one attached hydrogen (secondary N) is 2. The van der Waals surface area contributed by atoms with Crippen molar-refractivity contribution in [3.8, 4) is 5.75 Å². The third-order valence-electron chi connectivity index (χ3n) is 3.28. The number of carbonyl (C=O) groups excluding carboxylic acids is 1. The summed E-state index contributed by atoms with van der Waals surface area (Å²) in [5.41, 5.74) is 2.02. The molecule has 2 N–H and O–H groups in total. The van der Waals surface area contributed by atoms with E-state index in [1.54, 1.807) is 7.11 Å². The van der Waals surface area contributed by atoms with Crippen LogP contribution in [0.2, 0.25) is 0 Å². The largest absolute Gasteiger partial charge is 0.497 e. The number of unbranched alkanes of at least 4 members (excludes halogenated alkanes) is 2. The molecule has 112 valence electrons. The molecule has 1 aromatic carbocycles. The molecular formula is C16H26N2O2. The Bertz CT molecular complexity index is 432. The highest BCUT2D eigenvalue weighted by Crippen LogP contribution is 2.21. The number of hydrogen-bond acceptors (Lipinski definition) is 3. The smallest absolute Gasteiger partial charge is 0.242 e. The molecular weight excluding hydrogens is 252 g/mol. The van der Waals surface area contributed by atoms with Crippen LogP contribution in [0.1, 0.15) is 38.7 Å². The molecule has 1 unspecified atom stereocenters. The fraction of sp³-hybridized carbons (Fsp3) is 0.562. The lowest BCUT2D eigenvalue weighted by atomic mass is 10.1. The van der Waals surface area contributed by atoms with Crippen molar-refractivity contribution >= 4 is 11.6 Å². The number of ether oxygens (including phenoxy) is 1. The Labute approximate surface area is 121 Å². The normalized spacial score (nSPS) is 11.8. The number of hydrogen-bond donors (Lipinski definition) is 2. The van der Waals surface area contributed by atoms with Crippen LogP contribution < -0.4 is 15.4 Å². The molecule has 1 atom stereocenters. The van der Waals surface area contributed by atoms with Gasteiger partial charge in [0.2, 0.25) is 5.91 Å². The quantitative estimate of drug-likeness (QED) is 0.718. The molecule has 0 radical (unpaired) electrons. The van der Waals surface area contributed by atoms with Gasteiger partial charge in [0.1, 0.15) is 11.8 Å². The monoisotopic (exact) mass is 278 g/mol. The van der Waals surface area contributed by atoms with Gasteiger partial charge in [-0.3, -0.25) is 4.79 Å². The van der Waals surface area contributed by atoms with Gasteiger partial charge in [-0.15, -0.1) is 0 Å². The van der Waals surface area contributed by atoms with Crippen molar-refractivity contribution in [1.82, 2.24) is 5.32 Å². The van der Waals surface area contributed by atoms with E-state index in [9.17, 15) is 4.79 Å². The van der Waals surface area contributed by atoms with Gasteiger partial charge in [0.25, 0.3) is 0 Å². The number of methoxy groups -OCH3 is 1. The summed E-state index contributed by atoms with van der Waals surface area (Å²) in [5, 5.41) is 6.19. The van der Waals surface area contributed by atoms with Gasteiger partial charge in [0, 0.05) is 12.2 Å². The Kier molecular flexibility index (Phi) is 6.91. The maximum atomic E-state index is 11.9. The molecule has 0 aliphatic carbocycles. The summed E-state index contributed by atoms with van der Waals surface area (Å²) in [6.45, 7) is 6.77. The van der Waals surface area contributed by atoms with Crippen LogP contribution in [0.3, 0.4) is 0 Å². The maximum absolute atomic E-state index is 11.9. The summed E-state index contributed by atoms with van der Waals surface area (Å²) in [4.78, 5) is 11.9. The summed E-state index contributed by atoms with van der Waals surface area (Å²) < 4.78 is 5.17. The number of aryl methyl sites for hydroxylation is 1. The fourth-order valence-electron chi connectivity index (χ4n) is 1.96. The summed E-state index contributed by atoms with van der Waals surface area (Å²) >= 11 is 0. The van der Waals surface area contributed by atoms with Crippen molar-refractivity contribution in [3.05, 3.63) is 23.8 Å². The molecule has 4 nitrogen and oxygen atoms in total. The van der Waals surface area contributed by atoms with E-state index in [1.807, 2.05) is 32.0 Å². The van der Waals surface area contributed by atoms with Gasteiger partial charge in [-0.1, -0.05) is 19.8 Å². The molecule has 20 heavy (non-hydrogen) atoms. The zero-order chi connectivity index (χ0) is 15.0. The van der Waals surface area contributed by atoms with Crippen LogP contribution in [0, 0.1) is 6.92 Å². The summed E-state index contributed by atoms with van der Waals surface area (Å²) in [6, 6.07) is 5.54. The van der Waals surface area contributed by atoms with E-state index in [2.05, 4.69) is 17.6 Å². The number of anilines is 1. The zero-order valence-electron chi connectivity index (χ0n) is 13.0. The van der Waals surface area contributed by atoms with E-state index < -0.39 is 0 Å². The standard InChI is InChI=1S/C16H26N2O2/c1-5-6-7-10-17-16(19)13(3)18-15-9-8-14(20-4)11-12(15)2/h8-9,11,13,18H,5-7,10H2,1-4H3,(H,17,19). The Morgan fingerprint density at radius 1 is 1.35 bits per heavy atom. The molecule has 0 saturated carbocycles. The lowest BCUT2D eigenvalue weighted by Gasteiger charge is -2.17. The Hall–Kier alpha value is -1.71. The van der Waals surface area contributed by atoms with Crippen molar-refractivity contribution in [1.29, 1.82) is 0 Å². The van der Waals surface area contributed by atoms with Crippen LogP contribution in [-0.2, 0) is 4.79 Å². The summed E-state index contributed by atoms with van der Waals surface area (Å²) in [5.74, 6) is 0.862. The third-order valence-corrected chi connectivity index (χ3v) is 3.28. The van der Waals surface area contributed by atoms with Crippen LogP contribution in [0.15, 0.2) is 18.2 Å². The van der Waals surface area contributed by atoms with Gasteiger partial charge in [0.05, 0.1) is 7.11 Å². The SMILES string of the molecule is CCCCCNC(=O)C(C)Nc1ccc(OC)cc1C. The van der Waals surface area contributed by atoms with Gasteiger partial charge in [0.15, 0.2) is 0 Å². The Morgan fingerprint density at radius 3 is 2.70 bits per heavy atom.